The molecule has 0 saturated heterocycles. The monoisotopic (exact) mass is 451 g/mol. The van der Waals surface area contributed by atoms with E-state index in [4.69, 9.17) is 21.0 Å². The number of terminal acetylenes is 1. The summed E-state index contributed by atoms with van der Waals surface area (Å²) >= 11 is 0. The fourth-order valence-electron chi connectivity index (χ4n) is 3.33. The fourth-order valence-corrected chi connectivity index (χ4v) is 3.33. The Morgan fingerprint density at radius 1 is 1.15 bits per heavy atom. The van der Waals surface area contributed by atoms with Crippen LogP contribution in [0.3, 0.4) is 0 Å². The van der Waals surface area contributed by atoms with E-state index in [0.29, 0.717) is 46.9 Å². The van der Waals surface area contributed by atoms with Gasteiger partial charge in [0.2, 0.25) is 0 Å². The number of Topliss-reactive ketones (excluding diaryl/α,β-unsaturated/α-hetero) is 1. The molecular formula is C25H26FN3O4. The Labute approximate surface area is 192 Å². The van der Waals surface area contributed by atoms with Crippen LogP contribution in [0.2, 0.25) is 0 Å². The zero-order chi connectivity index (χ0) is 23.6. The van der Waals surface area contributed by atoms with Crippen LogP contribution in [0.15, 0.2) is 36.7 Å². The zero-order valence-electron chi connectivity index (χ0n) is 18.4. The van der Waals surface area contributed by atoms with Crippen molar-refractivity contribution in [2.45, 2.75) is 32.1 Å². The number of methoxy groups -OCH3 is 1. The van der Waals surface area contributed by atoms with Crippen LogP contribution in [-0.4, -0.2) is 41.2 Å². The minimum absolute atomic E-state index is 0.130. The van der Waals surface area contributed by atoms with Gasteiger partial charge in [0.25, 0.3) is 0 Å². The molecule has 0 saturated carbocycles. The van der Waals surface area contributed by atoms with E-state index in [9.17, 15) is 9.18 Å². The van der Waals surface area contributed by atoms with E-state index >= 15 is 0 Å². The number of aromatic nitrogens is 2. The van der Waals surface area contributed by atoms with Crippen LogP contribution in [0.25, 0.3) is 10.9 Å². The predicted octanol–water partition coefficient (Wildman–Crippen LogP) is 4.39. The lowest BCUT2D eigenvalue weighted by Gasteiger charge is -2.14. The fraction of sp³-hybridized carbons (Fsp3) is 0.320. The van der Waals surface area contributed by atoms with Gasteiger partial charge in [-0.15, -0.1) is 6.42 Å². The summed E-state index contributed by atoms with van der Waals surface area (Å²) < 4.78 is 25.1. The van der Waals surface area contributed by atoms with Crippen molar-refractivity contribution in [1.82, 2.24) is 9.97 Å². The SMILES string of the molecule is C#Cc1cc(Nc2ncnc3cc(OC)c(OCCCCCCC(=O)CO)cc23)ccc1F. The van der Waals surface area contributed by atoms with E-state index < -0.39 is 12.4 Å². The first-order valence-electron chi connectivity index (χ1n) is 10.7. The van der Waals surface area contributed by atoms with Gasteiger partial charge in [0, 0.05) is 23.6 Å². The first-order chi connectivity index (χ1) is 16.0. The first kappa shape index (κ1) is 24.0. The van der Waals surface area contributed by atoms with Crippen molar-refractivity contribution in [2.24, 2.45) is 0 Å². The number of nitrogens with one attached hydrogen (secondary N) is 1. The molecule has 7 nitrogen and oxygen atoms in total. The maximum absolute atomic E-state index is 13.7. The van der Waals surface area contributed by atoms with Crippen LogP contribution in [0, 0.1) is 18.2 Å². The standard InChI is InChI=1S/C25H26FN3O4/c1-3-17-12-18(9-10-21(17)26)29-25-20-13-24(23(32-2)14-22(20)27-16-28-25)33-11-7-5-4-6-8-19(31)15-30/h1,9-10,12-14,16,30H,4-8,11,15H2,2H3,(H,27,28,29). The highest BCUT2D eigenvalue weighted by Gasteiger charge is 2.12. The third kappa shape index (κ3) is 6.40. The lowest BCUT2D eigenvalue weighted by atomic mass is 10.1. The van der Waals surface area contributed by atoms with E-state index in [1.807, 2.05) is 6.07 Å². The molecule has 172 valence electrons. The van der Waals surface area contributed by atoms with Crippen molar-refractivity contribution in [3.05, 3.63) is 48.0 Å². The van der Waals surface area contributed by atoms with Gasteiger partial charge in [0.15, 0.2) is 17.3 Å². The largest absolute Gasteiger partial charge is 0.493 e. The number of nitrogens with zero attached hydrogens (tertiary/aromatic N) is 2. The van der Waals surface area contributed by atoms with Crippen LogP contribution in [0.1, 0.15) is 37.7 Å². The second-order valence-corrected chi connectivity index (χ2v) is 7.42. The van der Waals surface area contributed by atoms with Gasteiger partial charge >= 0.3 is 0 Å². The number of carbonyl (C=O) groups excluding carboxylic acids is 1. The highest BCUT2D eigenvalue weighted by atomic mass is 19.1. The summed E-state index contributed by atoms with van der Waals surface area (Å²) in [5, 5.41) is 12.6. The number of unbranched alkanes of at least 4 members (excludes halogenated alkanes) is 3. The van der Waals surface area contributed by atoms with Gasteiger partial charge in [0.05, 0.1) is 24.8 Å². The lowest BCUT2D eigenvalue weighted by Crippen LogP contribution is -2.03. The summed E-state index contributed by atoms with van der Waals surface area (Å²) in [7, 11) is 1.56. The van der Waals surface area contributed by atoms with Gasteiger partial charge in [0.1, 0.15) is 24.6 Å². The number of ketones is 1. The van der Waals surface area contributed by atoms with Gasteiger partial charge in [-0.05, 0) is 37.1 Å². The van der Waals surface area contributed by atoms with Crippen LogP contribution < -0.4 is 14.8 Å². The number of benzene rings is 2. The third-order valence-corrected chi connectivity index (χ3v) is 5.09. The maximum atomic E-state index is 13.7. The number of hydrogen-bond donors (Lipinski definition) is 2. The summed E-state index contributed by atoms with van der Waals surface area (Å²) in [6, 6.07) is 8.01. The second-order valence-electron chi connectivity index (χ2n) is 7.42. The second kappa shape index (κ2) is 11.8. The molecule has 8 heteroatoms. The minimum atomic E-state index is -0.462. The molecule has 2 aromatic carbocycles. The van der Waals surface area contributed by atoms with Crippen molar-refractivity contribution in [1.29, 1.82) is 0 Å². The van der Waals surface area contributed by atoms with Crippen molar-refractivity contribution in [3.8, 4) is 23.8 Å². The van der Waals surface area contributed by atoms with Gasteiger partial charge in [-0.1, -0.05) is 18.8 Å². The predicted molar refractivity (Wildman–Crippen MR) is 124 cm³/mol. The number of ether oxygens (including phenoxy) is 2. The smallest absolute Gasteiger partial charge is 0.162 e. The number of hydrogen-bond acceptors (Lipinski definition) is 7. The molecule has 0 atom stereocenters. The average Bonchev–Trinajstić information content (AvgIpc) is 2.84. The molecule has 0 amide bonds. The summed E-state index contributed by atoms with van der Waals surface area (Å²) in [6.07, 6.45) is 10.6. The van der Waals surface area contributed by atoms with Gasteiger partial charge in [-0.25, -0.2) is 14.4 Å². The summed E-state index contributed by atoms with van der Waals surface area (Å²) in [6.45, 7) is 0.0907. The van der Waals surface area contributed by atoms with Crippen LogP contribution >= 0.6 is 0 Å². The Morgan fingerprint density at radius 2 is 1.97 bits per heavy atom. The number of halogens is 1. The maximum Gasteiger partial charge on any atom is 0.162 e. The van der Waals surface area contributed by atoms with Gasteiger partial charge in [-0.2, -0.15) is 0 Å². The third-order valence-electron chi connectivity index (χ3n) is 5.09. The van der Waals surface area contributed by atoms with E-state index in [2.05, 4.69) is 21.2 Å². The molecule has 0 unspecified atom stereocenters. The van der Waals surface area contributed by atoms with E-state index in [1.54, 1.807) is 25.3 Å². The average molecular weight is 451 g/mol. The Kier molecular flexibility index (Phi) is 8.56. The van der Waals surface area contributed by atoms with Crippen LogP contribution in [0.5, 0.6) is 11.5 Å². The number of aliphatic hydroxyl groups excluding tert-OH is 1. The molecule has 0 aliphatic rings. The number of fused-ring (bicyclic) bond motifs is 1. The van der Waals surface area contributed by atoms with E-state index in [-0.39, 0.29) is 11.3 Å². The number of rotatable bonds is 12. The highest BCUT2D eigenvalue weighted by molar-refractivity contribution is 5.93. The Morgan fingerprint density at radius 3 is 2.73 bits per heavy atom. The zero-order valence-corrected chi connectivity index (χ0v) is 18.4. The molecule has 3 rings (SSSR count). The molecule has 0 fully saturated rings. The van der Waals surface area contributed by atoms with Crippen LogP contribution in [0.4, 0.5) is 15.9 Å². The first-order valence-corrected chi connectivity index (χ1v) is 10.7. The van der Waals surface area contributed by atoms with Crippen molar-refractivity contribution < 1.29 is 23.8 Å². The lowest BCUT2D eigenvalue weighted by molar-refractivity contribution is -0.121. The van der Waals surface area contributed by atoms with E-state index in [1.165, 1.54) is 12.4 Å². The normalized spacial score (nSPS) is 10.6. The molecule has 0 spiro atoms. The van der Waals surface area contributed by atoms with Crippen LogP contribution in [-0.2, 0) is 4.79 Å². The molecule has 1 aromatic heterocycles. The summed E-state index contributed by atoms with van der Waals surface area (Å²) in [4.78, 5) is 19.8. The molecule has 0 bridgehead atoms. The molecule has 33 heavy (non-hydrogen) atoms. The summed E-state index contributed by atoms with van der Waals surface area (Å²) in [5.74, 6) is 3.36. The molecular weight excluding hydrogens is 425 g/mol. The number of anilines is 2. The highest BCUT2D eigenvalue weighted by Crippen LogP contribution is 2.35. The van der Waals surface area contributed by atoms with Gasteiger partial charge in [-0.3, -0.25) is 4.79 Å². The Hall–Kier alpha value is -3.70. The molecule has 3 aromatic rings. The number of carbonyl (C=O) groups is 1. The van der Waals surface area contributed by atoms with Crippen molar-refractivity contribution >= 4 is 28.2 Å². The van der Waals surface area contributed by atoms with E-state index in [0.717, 1.165) is 25.7 Å². The molecule has 2 N–H and O–H groups in total. The Balaban J connectivity index is 1.71. The van der Waals surface area contributed by atoms with Crippen molar-refractivity contribution in [3.63, 3.8) is 0 Å². The Bertz CT molecular complexity index is 1160. The summed E-state index contributed by atoms with van der Waals surface area (Å²) in [5.41, 5.74) is 1.41. The molecule has 0 radical (unpaired) electrons. The molecule has 0 aliphatic heterocycles. The number of aliphatic hydroxyl groups is 1. The minimum Gasteiger partial charge on any atom is -0.493 e. The quantitative estimate of drug-likeness (QED) is 0.312. The van der Waals surface area contributed by atoms with Gasteiger partial charge < -0.3 is 19.9 Å². The molecule has 1 heterocycles. The van der Waals surface area contributed by atoms with Crippen molar-refractivity contribution in [2.75, 3.05) is 25.6 Å². The topological polar surface area (TPSA) is 93.6 Å². The molecule has 0 aliphatic carbocycles.